The predicted octanol–water partition coefficient (Wildman–Crippen LogP) is 0.0540. The Morgan fingerprint density at radius 3 is 2.73 bits per heavy atom. The number of aliphatic carboxylic acids is 1. The maximum atomic E-state index is 11.8. The largest absolute Gasteiger partial charge is 0.477 e. The summed E-state index contributed by atoms with van der Waals surface area (Å²) < 4.78 is 23.7. The highest BCUT2D eigenvalue weighted by atomic mass is 19.3. The monoisotopic (exact) mass is 164 g/mol. The van der Waals surface area contributed by atoms with E-state index >= 15 is 0 Å². The first-order chi connectivity index (χ1) is 5.11. The van der Waals surface area contributed by atoms with E-state index in [4.69, 9.17) is 5.11 Å². The molecule has 4 nitrogen and oxygen atoms in total. The van der Waals surface area contributed by atoms with Crippen molar-refractivity contribution in [3.05, 3.63) is 0 Å². The topological polar surface area (TPSA) is 61.7 Å². The van der Waals surface area contributed by atoms with E-state index in [9.17, 15) is 13.6 Å². The normalized spacial score (nSPS) is 23.2. The van der Waals surface area contributed by atoms with E-state index in [0.29, 0.717) is 0 Å². The van der Waals surface area contributed by atoms with E-state index in [1.54, 1.807) is 0 Å². The fourth-order valence-corrected chi connectivity index (χ4v) is 0.741. The summed E-state index contributed by atoms with van der Waals surface area (Å²) in [4.78, 5) is 10.2. The van der Waals surface area contributed by atoms with Gasteiger partial charge in [0.1, 0.15) is 11.8 Å². The van der Waals surface area contributed by atoms with Gasteiger partial charge in [-0.05, 0) is 0 Å². The molecule has 0 spiro atoms. The zero-order valence-corrected chi connectivity index (χ0v) is 5.42. The summed E-state index contributed by atoms with van der Waals surface area (Å²) in [7, 11) is 0. The summed E-state index contributed by atoms with van der Waals surface area (Å²) in [5.74, 6) is -1.25. The van der Waals surface area contributed by atoms with Gasteiger partial charge in [0.2, 0.25) is 0 Å². The number of hydrogen-bond acceptors (Lipinski definition) is 3. The van der Waals surface area contributed by atoms with Crippen molar-refractivity contribution in [1.29, 1.82) is 0 Å². The molecule has 1 rings (SSSR count). The molecule has 0 aromatic heterocycles. The van der Waals surface area contributed by atoms with Gasteiger partial charge >= 0.3 is 5.97 Å². The fourth-order valence-electron chi connectivity index (χ4n) is 0.741. The van der Waals surface area contributed by atoms with Crippen molar-refractivity contribution in [1.82, 2.24) is 5.43 Å². The average molecular weight is 164 g/mol. The van der Waals surface area contributed by atoms with Gasteiger partial charge < -0.3 is 10.5 Å². The molecule has 0 aromatic carbocycles. The highest BCUT2D eigenvalue weighted by Crippen LogP contribution is 2.11. The summed E-state index contributed by atoms with van der Waals surface area (Å²) in [6.07, 6.45) is -2.79. The van der Waals surface area contributed by atoms with Crippen LogP contribution in [0.1, 0.15) is 6.42 Å². The average Bonchev–Trinajstić information content (AvgIpc) is 2.33. The third kappa shape index (κ3) is 1.63. The van der Waals surface area contributed by atoms with Crippen molar-refractivity contribution in [2.24, 2.45) is 5.10 Å². The molecular weight excluding hydrogens is 158 g/mol. The van der Waals surface area contributed by atoms with Gasteiger partial charge in [-0.2, -0.15) is 5.10 Å². The number of carbonyl (C=O) groups is 1. The third-order valence-corrected chi connectivity index (χ3v) is 1.33. The summed E-state index contributed by atoms with van der Waals surface area (Å²) in [6, 6.07) is -1.14. The van der Waals surface area contributed by atoms with Gasteiger partial charge in [-0.3, -0.25) is 0 Å². The van der Waals surface area contributed by atoms with Crippen LogP contribution in [0.5, 0.6) is 0 Å². The minimum absolute atomic E-state index is 0.215. The molecule has 1 aliphatic heterocycles. The predicted molar refractivity (Wildman–Crippen MR) is 32.6 cm³/mol. The van der Waals surface area contributed by atoms with Gasteiger partial charge in [-0.15, -0.1) is 0 Å². The van der Waals surface area contributed by atoms with Crippen LogP contribution in [-0.4, -0.2) is 29.3 Å². The Kier molecular flexibility index (Phi) is 2.02. The van der Waals surface area contributed by atoms with Crippen molar-refractivity contribution >= 4 is 11.7 Å². The highest BCUT2D eigenvalue weighted by molar-refractivity contribution is 6.36. The minimum atomic E-state index is -2.57. The van der Waals surface area contributed by atoms with Crippen LogP contribution in [-0.2, 0) is 4.79 Å². The van der Waals surface area contributed by atoms with Gasteiger partial charge in [0, 0.05) is 6.42 Å². The molecule has 62 valence electrons. The van der Waals surface area contributed by atoms with Crippen LogP contribution in [0.3, 0.4) is 0 Å². The summed E-state index contributed by atoms with van der Waals surface area (Å²) in [5, 5.41) is 11.5. The fraction of sp³-hybridized carbons (Fsp3) is 0.600. The Balaban J connectivity index is 2.49. The van der Waals surface area contributed by atoms with Crippen molar-refractivity contribution in [2.45, 2.75) is 18.9 Å². The minimum Gasteiger partial charge on any atom is -0.477 e. The molecule has 1 atom stereocenters. The van der Waals surface area contributed by atoms with E-state index in [1.807, 2.05) is 5.43 Å². The van der Waals surface area contributed by atoms with Crippen LogP contribution in [0.4, 0.5) is 8.78 Å². The Hall–Kier alpha value is -1.20. The quantitative estimate of drug-likeness (QED) is 0.606. The van der Waals surface area contributed by atoms with Crippen molar-refractivity contribution in [2.75, 3.05) is 0 Å². The summed E-state index contributed by atoms with van der Waals surface area (Å²) >= 11 is 0. The summed E-state index contributed by atoms with van der Waals surface area (Å²) in [6.45, 7) is 0. The Labute approximate surface area is 60.9 Å². The van der Waals surface area contributed by atoms with Gasteiger partial charge in [0.05, 0.1) is 0 Å². The molecule has 2 N–H and O–H groups in total. The van der Waals surface area contributed by atoms with Gasteiger partial charge in [0.25, 0.3) is 6.43 Å². The molecule has 0 fully saturated rings. The molecule has 1 heterocycles. The Bertz CT molecular complexity index is 205. The molecule has 0 aliphatic carbocycles. The van der Waals surface area contributed by atoms with Crippen LogP contribution in [0.15, 0.2) is 5.10 Å². The van der Waals surface area contributed by atoms with Crippen LogP contribution in [0, 0.1) is 0 Å². The molecule has 6 heteroatoms. The number of carboxylic acids is 1. The first kappa shape index (κ1) is 7.90. The van der Waals surface area contributed by atoms with Crippen LogP contribution in [0.25, 0.3) is 0 Å². The lowest BCUT2D eigenvalue weighted by Gasteiger charge is -2.05. The molecular formula is C5H6F2N2O2. The number of halogens is 2. The molecule has 1 aliphatic rings. The first-order valence-corrected chi connectivity index (χ1v) is 2.95. The standard InChI is InChI=1S/C5H6F2N2O2/c6-4(7)2-1-3(5(10)11)9-8-2/h2,4,8H,1H2,(H,10,11)/t2-/m0/s1. The lowest BCUT2D eigenvalue weighted by atomic mass is 10.2. The molecule has 0 radical (unpaired) electrons. The van der Waals surface area contributed by atoms with E-state index in [2.05, 4.69) is 5.10 Å². The maximum Gasteiger partial charge on any atom is 0.352 e. The second kappa shape index (κ2) is 2.81. The number of nitrogens with one attached hydrogen (secondary N) is 1. The highest BCUT2D eigenvalue weighted by Gasteiger charge is 2.29. The molecule has 0 saturated heterocycles. The molecule has 0 amide bonds. The number of carboxylic acid groups (broad SMARTS) is 1. The molecule has 0 saturated carbocycles. The van der Waals surface area contributed by atoms with Crippen molar-refractivity contribution in [3.8, 4) is 0 Å². The van der Waals surface area contributed by atoms with Gasteiger partial charge in [0.15, 0.2) is 0 Å². The van der Waals surface area contributed by atoms with E-state index in [0.717, 1.165) is 0 Å². The molecule has 0 unspecified atom stereocenters. The molecule has 11 heavy (non-hydrogen) atoms. The molecule has 0 aromatic rings. The Morgan fingerprint density at radius 2 is 2.45 bits per heavy atom. The third-order valence-electron chi connectivity index (χ3n) is 1.33. The van der Waals surface area contributed by atoms with Crippen molar-refractivity contribution in [3.63, 3.8) is 0 Å². The Morgan fingerprint density at radius 1 is 1.82 bits per heavy atom. The second-order valence-electron chi connectivity index (χ2n) is 2.14. The maximum absolute atomic E-state index is 11.8. The van der Waals surface area contributed by atoms with Gasteiger partial charge in [-0.25, -0.2) is 13.6 Å². The van der Waals surface area contributed by atoms with E-state index in [1.165, 1.54) is 0 Å². The van der Waals surface area contributed by atoms with E-state index in [-0.39, 0.29) is 12.1 Å². The summed E-state index contributed by atoms with van der Waals surface area (Å²) in [5.41, 5.74) is 1.80. The second-order valence-corrected chi connectivity index (χ2v) is 2.14. The van der Waals surface area contributed by atoms with Crippen LogP contribution in [0.2, 0.25) is 0 Å². The smallest absolute Gasteiger partial charge is 0.352 e. The number of rotatable bonds is 2. The zero-order valence-electron chi connectivity index (χ0n) is 5.42. The number of alkyl halides is 2. The SMILES string of the molecule is O=C(O)C1=NN[C@H](C(F)F)C1. The lowest BCUT2D eigenvalue weighted by molar-refractivity contribution is -0.129. The number of nitrogens with zero attached hydrogens (tertiary/aromatic N) is 1. The van der Waals surface area contributed by atoms with Crippen molar-refractivity contribution < 1.29 is 18.7 Å². The van der Waals surface area contributed by atoms with Gasteiger partial charge in [-0.1, -0.05) is 0 Å². The molecule has 0 bridgehead atoms. The lowest BCUT2D eigenvalue weighted by Crippen LogP contribution is -2.28. The van der Waals surface area contributed by atoms with Crippen LogP contribution < -0.4 is 5.43 Å². The number of hydrogen-bond donors (Lipinski definition) is 2. The number of hydrazone groups is 1. The van der Waals surface area contributed by atoms with Crippen LogP contribution >= 0.6 is 0 Å². The first-order valence-electron chi connectivity index (χ1n) is 2.95. The van der Waals surface area contributed by atoms with E-state index < -0.39 is 18.4 Å². The zero-order chi connectivity index (χ0) is 8.43.